The molecule has 1 saturated carbocycles. The number of hydrogen-bond acceptors (Lipinski definition) is 3. The van der Waals surface area contributed by atoms with Crippen molar-refractivity contribution in [2.75, 3.05) is 11.9 Å². The van der Waals surface area contributed by atoms with E-state index in [1.165, 1.54) is 18.9 Å². The van der Waals surface area contributed by atoms with Gasteiger partial charge in [-0.15, -0.1) is 0 Å². The molecular formula is C18H21FN2O. The zero-order chi connectivity index (χ0) is 15.1. The first-order chi connectivity index (χ1) is 10.7. The van der Waals surface area contributed by atoms with Crippen LogP contribution in [0.3, 0.4) is 0 Å². The SMILES string of the molecule is Cc1cc(NC2CCOC(C3CC3)C2)c2cccc(F)c2n1. The van der Waals surface area contributed by atoms with Crippen LogP contribution in [0.15, 0.2) is 24.3 Å². The van der Waals surface area contributed by atoms with E-state index in [0.717, 1.165) is 42.1 Å². The Morgan fingerprint density at radius 1 is 1.27 bits per heavy atom. The molecule has 0 spiro atoms. The molecule has 2 atom stereocenters. The van der Waals surface area contributed by atoms with Gasteiger partial charge in [-0.3, -0.25) is 0 Å². The predicted molar refractivity (Wildman–Crippen MR) is 85.5 cm³/mol. The van der Waals surface area contributed by atoms with Crippen molar-refractivity contribution in [2.45, 2.75) is 44.8 Å². The van der Waals surface area contributed by atoms with Crippen molar-refractivity contribution >= 4 is 16.6 Å². The quantitative estimate of drug-likeness (QED) is 0.928. The van der Waals surface area contributed by atoms with Crippen molar-refractivity contribution in [1.29, 1.82) is 0 Å². The van der Waals surface area contributed by atoms with Gasteiger partial charge >= 0.3 is 0 Å². The highest BCUT2D eigenvalue weighted by molar-refractivity contribution is 5.91. The van der Waals surface area contributed by atoms with Gasteiger partial charge < -0.3 is 10.1 Å². The van der Waals surface area contributed by atoms with Gasteiger partial charge in [0.2, 0.25) is 0 Å². The van der Waals surface area contributed by atoms with Gasteiger partial charge in [0.1, 0.15) is 11.3 Å². The van der Waals surface area contributed by atoms with Crippen LogP contribution in [0, 0.1) is 18.7 Å². The Balaban J connectivity index is 1.62. The van der Waals surface area contributed by atoms with E-state index >= 15 is 0 Å². The highest BCUT2D eigenvalue weighted by Gasteiger charge is 2.35. The summed E-state index contributed by atoms with van der Waals surface area (Å²) in [6.07, 6.45) is 5.06. The number of halogens is 1. The molecule has 0 radical (unpaired) electrons. The lowest BCUT2D eigenvalue weighted by molar-refractivity contribution is -0.00217. The summed E-state index contributed by atoms with van der Waals surface area (Å²) in [4.78, 5) is 4.34. The number of anilines is 1. The van der Waals surface area contributed by atoms with Crippen LogP contribution in [-0.4, -0.2) is 23.7 Å². The molecule has 2 aliphatic rings. The van der Waals surface area contributed by atoms with Gasteiger partial charge in [0.15, 0.2) is 0 Å². The topological polar surface area (TPSA) is 34.1 Å². The maximum atomic E-state index is 14.0. The second-order valence-corrected chi connectivity index (χ2v) is 6.56. The van der Waals surface area contributed by atoms with Gasteiger partial charge in [-0.05, 0) is 50.7 Å². The molecule has 1 saturated heterocycles. The Labute approximate surface area is 129 Å². The van der Waals surface area contributed by atoms with Crippen LogP contribution in [-0.2, 0) is 4.74 Å². The minimum atomic E-state index is -0.257. The van der Waals surface area contributed by atoms with E-state index in [1.54, 1.807) is 6.07 Å². The Morgan fingerprint density at radius 3 is 2.95 bits per heavy atom. The normalized spacial score (nSPS) is 25.4. The van der Waals surface area contributed by atoms with Crippen LogP contribution in [0.25, 0.3) is 10.9 Å². The monoisotopic (exact) mass is 300 g/mol. The zero-order valence-electron chi connectivity index (χ0n) is 12.8. The molecule has 2 heterocycles. The molecule has 3 nitrogen and oxygen atoms in total. The molecule has 0 bridgehead atoms. The summed E-state index contributed by atoms with van der Waals surface area (Å²) in [6.45, 7) is 2.73. The summed E-state index contributed by atoms with van der Waals surface area (Å²) in [5.41, 5.74) is 2.28. The Hall–Kier alpha value is -1.68. The minimum absolute atomic E-state index is 0.257. The summed E-state index contributed by atoms with van der Waals surface area (Å²) in [6, 6.07) is 7.56. The fourth-order valence-corrected chi connectivity index (χ4v) is 3.44. The van der Waals surface area contributed by atoms with Crippen LogP contribution >= 0.6 is 0 Å². The van der Waals surface area contributed by atoms with Gasteiger partial charge in [0.25, 0.3) is 0 Å². The standard InChI is InChI=1S/C18H21FN2O/c1-11-9-16(14-3-2-4-15(19)18(14)20-11)21-13-7-8-22-17(10-13)12-5-6-12/h2-4,9,12-13,17H,5-8,10H2,1H3,(H,20,21). The maximum absolute atomic E-state index is 14.0. The van der Waals surface area contributed by atoms with Gasteiger partial charge in [-0.25, -0.2) is 9.37 Å². The summed E-state index contributed by atoms with van der Waals surface area (Å²) >= 11 is 0. The van der Waals surface area contributed by atoms with Crippen LogP contribution < -0.4 is 5.32 Å². The number of nitrogens with zero attached hydrogens (tertiary/aromatic N) is 1. The average molecular weight is 300 g/mol. The summed E-state index contributed by atoms with van der Waals surface area (Å²) < 4.78 is 19.9. The fraction of sp³-hybridized carbons (Fsp3) is 0.500. The van der Waals surface area contributed by atoms with Crippen molar-refractivity contribution in [1.82, 2.24) is 4.98 Å². The number of pyridine rings is 1. The molecule has 1 N–H and O–H groups in total. The van der Waals surface area contributed by atoms with Crippen LogP contribution in [0.1, 0.15) is 31.4 Å². The maximum Gasteiger partial charge on any atom is 0.149 e. The highest BCUT2D eigenvalue weighted by atomic mass is 19.1. The van der Waals surface area contributed by atoms with E-state index < -0.39 is 0 Å². The Morgan fingerprint density at radius 2 is 2.14 bits per heavy atom. The number of benzene rings is 1. The molecule has 4 heteroatoms. The largest absolute Gasteiger partial charge is 0.382 e. The molecule has 4 rings (SSSR count). The first kappa shape index (κ1) is 13.9. The van der Waals surface area contributed by atoms with Crippen molar-refractivity contribution in [3.8, 4) is 0 Å². The number of aryl methyl sites for hydroxylation is 1. The van der Waals surface area contributed by atoms with Crippen molar-refractivity contribution in [3.63, 3.8) is 0 Å². The van der Waals surface area contributed by atoms with E-state index in [-0.39, 0.29) is 5.82 Å². The molecule has 0 amide bonds. The number of ether oxygens (including phenoxy) is 1. The van der Waals surface area contributed by atoms with Crippen LogP contribution in [0.2, 0.25) is 0 Å². The van der Waals surface area contributed by atoms with E-state index in [9.17, 15) is 4.39 Å². The predicted octanol–water partition coefficient (Wildman–Crippen LogP) is 4.05. The number of rotatable bonds is 3. The number of nitrogens with one attached hydrogen (secondary N) is 1. The fourth-order valence-electron chi connectivity index (χ4n) is 3.44. The summed E-state index contributed by atoms with van der Waals surface area (Å²) in [5.74, 6) is 0.505. The van der Waals surface area contributed by atoms with Crippen molar-refractivity contribution in [3.05, 3.63) is 35.8 Å². The number of para-hydroxylation sites is 1. The average Bonchev–Trinajstić information content (AvgIpc) is 3.33. The summed E-state index contributed by atoms with van der Waals surface area (Å²) in [5, 5.41) is 4.48. The van der Waals surface area contributed by atoms with Gasteiger partial charge in [-0.2, -0.15) is 0 Å². The van der Waals surface area contributed by atoms with Crippen LogP contribution in [0.4, 0.5) is 10.1 Å². The second kappa shape index (κ2) is 5.51. The third-order valence-corrected chi connectivity index (χ3v) is 4.74. The smallest absolute Gasteiger partial charge is 0.149 e. The third-order valence-electron chi connectivity index (χ3n) is 4.74. The van der Waals surface area contributed by atoms with Gasteiger partial charge in [0.05, 0.1) is 6.10 Å². The molecule has 1 aromatic heterocycles. The van der Waals surface area contributed by atoms with Crippen molar-refractivity contribution < 1.29 is 9.13 Å². The molecule has 2 fully saturated rings. The zero-order valence-corrected chi connectivity index (χ0v) is 12.8. The van der Waals surface area contributed by atoms with E-state index in [2.05, 4.69) is 10.3 Å². The van der Waals surface area contributed by atoms with E-state index in [1.807, 2.05) is 19.1 Å². The van der Waals surface area contributed by atoms with Crippen LogP contribution in [0.5, 0.6) is 0 Å². The molecule has 2 aromatic rings. The lowest BCUT2D eigenvalue weighted by Crippen LogP contribution is -2.35. The first-order valence-electron chi connectivity index (χ1n) is 8.15. The lowest BCUT2D eigenvalue weighted by Gasteiger charge is -2.31. The number of hydrogen-bond donors (Lipinski definition) is 1. The molecule has 22 heavy (non-hydrogen) atoms. The first-order valence-corrected chi connectivity index (χ1v) is 8.15. The Bertz CT molecular complexity index is 699. The molecule has 1 aromatic carbocycles. The second-order valence-electron chi connectivity index (χ2n) is 6.56. The Kier molecular flexibility index (Phi) is 3.49. The molecule has 1 aliphatic heterocycles. The molecule has 1 aliphatic carbocycles. The van der Waals surface area contributed by atoms with E-state index in [0.29, 0.717) is 17.7 Å². The van der Waals surface area contributed by atoms with Crippen molar-refractivity contribution in [2.24, 2.45) is 5.92 Å². The number of aromatic nitrogens is 1. The van der Waals surface area contributed by atoms with Gasteiger partial charge in [-0.1, -0.05) is 12.1 Å². The third kappa shape index (κ3) is 2.68. The van der Waals surface area contributed by atoms with E-state index in [4.69, 9.17) is 4.74 Å². The number of fused-ring (bicyclic) bond motifs is 1. The summed E-state index contributed by atoms with van der Waals surface area (Å²) in [7, 11) is 0. The molecular weight excluding hydrogens is 279 g/mol. The minimum Gasteiger partial charge on any atom is -0.382 e. The lowest BCUT2D eigenvalue weighted by atomic mass is 9.99. The van der Waals surface area contributed by atoms with Gasteiger partial charge in [0, 0.05) is 29.4 Å². The molecule has 116 valence electrons. The molecule has 2 unspecified atom stereocenters. The highest BCUT2D eigenvalue weighted by Crippen LogP contribution is 2.39.